The molecule has 2 heterocycles. The van der Waals surface area contributed by atoms with E-state index in [9.17, 15) is 0 Å². The summed E-state index contributed by atoms with van der Waals surface area (Å²) >= 11 is 0. The first-order valence-electron chi connectivity index (χ1n) is 17.5. The molecule has 10 aromatic rings. The van der Waals surface area contributed by atoms with Gasteiger partial charge in [-0.2, -0.15) is 0 Å². The Morgan fingerprint density at radius 3 is 1.55 bits per heavy atom. The highest BCUT2D eigenvalue weighted by molar-refractivity contribution is 6.15. The minimum Gasteiger partial charge on any atom is -0.310 e. The van der Waals surface area contributed by atoms with Gasteiger partial charge in [-0.05, 0) is 66.7 Å². The number of benzene rings is 8. The lowest BCUT2D eigenvalue weighted by Gasteiger charge is -2.28. The van der Waals surface area contributed by atoms with Crippen molar-refractivity contribution >= 4 is 60.7 Å². The topological polar surface area (TPSA) is 13.1 Å². The van der Waals surface area contributed by atoms with Crippen molar-refractivity contribution in [3.63, 3.8) is 0 Å². The van der Waals surface area contributed by atoms with Crippen molar-refractivity contribution in [2.45, 2.75) is 0 Å². The van der Waals surface area contributed by atoms with Gasteiger partial charge in [0.25, 0.3) is 0 Å². The highest BCUT2D eigenvalue weighted by atomic mass is 15.1. The van der Waals surface area contributed by atoms with Crippen LogP contribution in [0.5, 0.6) is 0 Å². The second-order valence-electron chi connectivity index (χ2n) is 13.0. The summed E-state index contributed by atoms with van der Waals surface area (Å²) in [5, 5.41) is 4.96. The summed E-state index contributed by atoms with van der Waals surface area (Å²) in [4.78, 5) is 2.41. The van der Waals surface area contributed by atoms with E-state index in [1.165, 1.54) is 49.2 Å². The number of hydrogen-bond donors (Lipinski definition) is 0. The van der Waals surface area contributed by atoms with E-state index in [0.29, 0.717) is 0 Å². The van der Waals surface area contributed by atoms with Gasteiger partial charge in [0.15, 0.2) is 0 Å². The molecule has 0 atom stereocenters. The fraction of sp³-hybridized carbons (Fsp3) is 0. The highest BCUT2D eigenvalue weighted by Gasteiger charge is 2.22. The summed E-state index contributed by atoms with van der Waals surface area (Å²) in [7, 11) is 0. The van der Waals surface area contributed by atoms with Crippen molar-refractivity contribution < 1.29 is 0 Å². The summed E-state index contributed by atoms with van der Waals surface area (Å²) in [5.41, 5.74) is 12.7. The molecule has 3 heteroatoms. The summed E-state index contributed by atoms with van der Waals surface area (Å²) in [6, 6.07) is 72.1. The van der Waals surface area contributed by atoms with Crippen LogP contribution in [0.15, 0.2) is 200 Å². The molecule has 0 bridgehead atoms. The smallest absolute Gasteiger partial charge is 0.0620 e. The monoisotopic (exact) mass is 651 g/mol. The maximum absolute atomic E-state index is 2.42. The minimum atomic E-state index is 1.09. The van der Waals surface area contributed by atoms with E-state index in [1.54, 1.807) is 0 Å². The van der Waals surface area contributed by atoms with Gasteiger partial charge in [-0.25, -0.2) is 0 Å². The van der Waals surface area contributed by atoms with Gasteiger partial charge in [-0.15, -0.1) is 0 Å². The molecule has 8 aromatic carbocycles. The van der Waals surface area contributed by atoms with Gasteiger partial charge in [0, 0.05) is 55.4 Å². The van der Waals surface area contributed by atoms with Crippen LogP contribution in [0.4, 0.5) is 17.1 Å². The fourth-order valence-electron chi connectivity index (χ4n) is 7.94. The second kappa shape index (κ2) is 11.9. The van der Waals surface area contributed by atoms with Crippen LogP contribution in [0.3, 0.4) is 0 Å². The van der Waals surface area contributed by atoms with Crippen LogP contribution in [0.25, 0.3) is 66.1 Å². The third-order valence-corrected chi connectivity index (χ3v) is 10.1. The maximum atomic E-state index is 2.42. The van der Waals surface area contributed by atoms with Crippen LogP contribution in [-0.4, -0.2) is 9.13 Å². The third kappa shape index (κ3) is 4.67. The van der Waals surface area contributed by atoms with Gasteiger partial charge in [-0.3, -0.25) is 0 Å². The summed E-state index contributed by atoms with van der Waals surface area (Å²) in [6.07, 6.45) is 0. The number of rotatable bonds is 6. The normalized spacial score (nSPS) is 11.5. The van der Waals surface area contributed by atoms with Gasteiger partial charge < -0.3 is 14.0 Å². The Morgan fingerprint density at radius 2 is 0.824 bits per heavy atom. The lowest BCUT2D eigenvalue weighted by atomic mass is 9.98. The number of fused-ring (bicyclic) bond motifs is 6. The summed E-state index contributed by atoms with van der Waals surface area (Å²) in [5.74, 6) is 0. The molecule has 240 valence electrons. The molecule has 3 nitrogen and oxygen atoms in total. The number of hydrogen-bond acceptors (Lipinski definition) is 1. The van der Waals surface area contributed by atoms with Crippen molar-refractivity contribution in [3.8, 4) is 22.5 Å². The molecule has 0 amide bonds. The molecule has 0 aliphatic heterocycles. The van der Waals surface area contributed by atoms with Crippen LogP contribution in [0.2, 0.25) is 0 Å². The molecule has 0 N–H and O–H groups in total. The zero-order chi connectivity index (χ0) is 33.7. The van der Waals surface area contributed by atoms with E-state index >= 15 is 0 Å². The lowest BCUT2D eigenvalue weighted by Crippen LogP contribution is -2.11. The number of nitrogens with zero attached hydrogens (tertiary/aromatic N) is 3. The molecular weight excluding hydrogens is 619 g/mol. The summed E-state index contributed by atoms with van der Waals surface area (Å²) < 4.78 is 4.82. The van der Waals surface area contributed by atoms with Gasteiger partial charge >= 0.3 is 0 Å². The quantitative estimate of drug-likeness (QED) is 0.174. The van der Waals surface area contributed by atoms with E-state index in [-0.39, 0.29) is 0 Å². The number of para-hydroxylation sites is 7. The Hall–Kier alpha value is -6.84. The summed E-state index contributed by atoms with van der Waals surface area (Å²) in [6.45, 7) is 0. The molecule has 10 rings (SSSR count). The molecule has 0 aliphatic rings. The molecule has 0 saturated heterocycles. The highest BCUT2D eigenvalue weighted by Crippen LogP contribution is 2.46. The van der Waals surface area contributed by atoms with Gasteiger partial charge in [0.2, 0.25) is 0 Å². The van der Waals surface area contributed by atoms with E-state index in [4.69, 9.17) is 0 Å². The molecule has 0 spiro atoms. The Labute approximate surface area is 296 Å². The standard InChI is InChI=1S/C48H33N3/c1-4-17-34(18-5-1)49(37-31-32-41-38-23-10-14-29-45(38)50(47(41)33-37)35-19-6-2-7-20-35)44-28-13-11-24-39(44)42-26-16-27-43-40-25-12-15-30-46(40)51(48(42)43)36-21-8-3-9-22-36/h1-33H. The Balaban J connectivity index is 1.26. The van der Waals surface area contributed by atoms with Crippen LogP contribution >= 0.6 is 0 Å². The van der Waals surface area contributed by atoms with Crippen molar-refractivity contribution in [2.24, 2.45) is 0 Å². The maximum Gasteiger partial charge on any atom is 0.0620 e. The van der Waals surface area contributed by atoms with Gasteiger partial charge in [0.05, 0.1) is 27.8 Å². The SMILES string of the molecule is c1ccc(N(c2ccc3c4ccccc4n(-c4ccccc4)c3c2)c2ccccc2-c2cccc3c4ccccc4n(-c4ccccc4)c23)cc1. The first-order valence-corrected chi connectivity index (χ1v) is 17.5. The van der Waals surface area contributed by atoms with E-state index < -0.39 is 0 Å². The third-order valence-electron chi connectivity index (χ3n) is 10.1. The first-order chi connectivity index (χ1) is 25.3. The van der Waals surface area contributed by atoms with Crippen LogP contribution in [0, 0.1) is 0 Å². The van der Waals surface area contributed by atoms with Gasteiger partial charge in [0.1, 0.15) is 0 Å². The lowest BCUT2D eigenvalue weighted by molar-refractivity contribution is 1.17. The molecule has 51 heavy (non-hydrogen) atoms. The number of anilines is 3. The van der Waals surface area contributed by atoms with Crippen molar-refractivity contribution in [3.05, 3.63) is 200 Å². The molecule has 0 radical (unpaired) electrons. The van der Waals surface area contributed by atoms with Crippen LogP contribution in [0.1, 0.15) is 0 Å². The average molecular weight is 652 g/mol. The van der Waals surface area contributed by atoms with Crippen LogP contribution in [-0.2, 0) is 0 Å². The molecule has 0 saturated carbocycles. The fourth-order valence-corrected chi connectivity index (χ4v) is 7.94. The molecule has 2 aromatic heterocycles. The Kier molecular flexibility index (Phi) is 6.81. The number of aromatic nitrogens is 2. The molecule has 0 aliphatic carbocycles. The predicted molar refractivity (Wildman–Crippen MR) is 215 cm³/mol. The molecule has 0 unspecified atom stereocenters. The largest absolute Gasteiger partial charge is 0.310 e. The van der Waals surface area contributed by atoms with Gasteiger partial charge in [-0.1, -0.05) is 133 Å². The van der Waals surface area contributed by atoms with Crippen LogP contribution < -0.4 is 4.90 Å². The average Bonchev–Trinajstić information content (AvgIpc) is 3.72. The molecular formula is C48H33N3. The van der Waals surface area contributed by atoms with E-state index in [0.717, 1.165) is 34.0 Å². The first kappa shape index (κ1) is 29.1. The Morgan fingerprint density at radius 1 is 0.314 bits per heavy atom. The zero-order valence-electron chi connectivity index (χ0n) is 27.9. The Bertz CT molecular complexity index is 2850. The van der Waals surface area contributed by atoms with Crippen molar-refractivity contribution in [2.75, 3.05) is 4.90 Å². The molecule has 0 fully saturated rings. The van der Waals surface area contributed by atoms with E-state index in [2.05, 4.69) is 214 Å². The van der Waals surface area contributed by atoms with Crippen molar-refractivity contribution in [1.29, 1.82) is 0 Å². The minimum absolute atomic E-state index is 1.09. The zero-order valence-corrected chi connectivity index (χ0v) is 27.9. The second-order valence-corrected chi connectivity index (χ2v) is 13.0. The van der Waals surface area contributed by atoms with Crippen molar-refractivity contribution in [1.82, 2.24) is 9.13 Å². The predicted octanol–water partition coefficient (Wildman–Crippen LogP) is 13.0. The van der Waals surface area contributed by atoms with E-state index in [1.807, 2.05) is 0 Å².